The lowest BCUT2D eigenvalue weighted by atomic mass is 10.1. The molecule has 0 saturated heterocycles. The third-order valence-electron chi connectivity index (χ3n) is 2.65. The van der Waals surface area contributed by atoms with Crippen molar-refractivity contribution in [3.63, 3.8) is 0 Å². The standard InChI is InChI=1S/C15H12O5/c1-2-14(16)20-9-19-13-6-5-10-7-12(15(17)18)4-3-11(10)8-13/h2-8H,1,9H2,(H,17,18). The summed E-state index contributed by atoms with van der Waals surface area (Å²) in [5, 5.41) is 10.5. The molecule has 0 unspecified atom stereocenters. The minimum Gasteiger partial charge on any atom is -0.478 e. The molecule has 0 bridgehead atoms. The van der Waals surface area contributed by atoms with Gasteiger partial charge in [-0.25, -0.2) is 9.59 Å². The largest absolute Gasteiger partial charge is 0.478 e. The fourth-order valence-corrected chi connectivity index (χ4v) is 1.66. The summed E-state index contributed by atoms with van der Waals surface area (Å²) in [7, 11) is 0. The van der Waals surface area contributed by atoms with E-state index in [9.17, 15) is 9.59 Å². The molecule has 0 saturated carbocycles. The molecule has 0 aliphatic heterocycles. The van der Waals surface area contributed by atoms with Crippen molar-refractivity contribution < 1.29 is 24.2 Å². The molecule has 2 rings (SSSR count). The number of carbonyl (C=O) groups is 2. The average Bonchev–Trinajstić information content (AvgIpc) is 2.46. The number of carboxylic acids is 1. The van der Waals surface area contributed by atoms with Crippen molar-refractivity contribution in [2.24, 2.45) is 0 Å². The molecule has 20 heavy (non-hydrogen) atoms. The van der Waals surface area contributed by atoms with Crippen molar-refractivity contribution in [3.8, 4) is 5.75 Å². The monoisotopic (exact) mass is 272 g/mol. The zero-order chi connectivity index (χ0) is 14.5. The Balaban J connectivity index is 2.13. The summed E-state index contributed by atoms with van der Waals surface area (Å²) in [4.78, 5) is 21.7. The fourth-order valence-electron chi connectivity index (χ4n) is 1.66. The normalized spacial score (nSPS) is 10.0. The van der Waals surface area contributed by atoms with Crippen molar-refractivity contribution in [2.45, 2.75) is 0 Å². The Morgan fingerprint density at radius 2 is 1.85 bits per heavy atom. The Hall–Kier alpha value is -2.82. The highest BCUT2D eigenvalue weighted by molar-refractivity contribution is 5.94. The van der Waals surface area contributed by atoms with Gasteiger partial charge in [-0.05, 0) is 35.0 Å². The van der Waals surface area contributed by atoms with Crippen LogP contribution in [0.25, 0.3) is 10.8 Å². The summed E-state index contributed by atoms with van der Waals surface area (Å²) in [6.07, 6.45) is 1.05. The molecule has 5 heteroatoms. The molecule has 0 aromatic heterocycles. The zero-order valence-electron chi connectivity index (χ0n) is 10.5. The van der Waals surface area contributed by atoms with Gasteiger partial charge in [0, 0.05) is 6.08 Å². The molecular formula is C15H12O5. The number of esters is 1. The maximum Gasteiger partial charge on any atom is 0.335 e. The van der Waals surface area contributed by atoms with Crippen LogP contribution in [0.2, 0.25) is 0 Å². The van der Waals surface area contributed by atoms with Gasteiger partial charge in [-0.3, -0.25) is 0 Å². The molecule has 1 N–H and O–H groups in total. The molecule has 0 radical (unpaired) electrons. The molecule has 0 heterocycles. The Morgan fingerprint density at radius 3 is 2.55 bits per heavy atom. The van der Waals surface area contributed by atoms with Gasteiger partial charge in [0.2, 0.25) is 6.79 Å². The SMILES string of the molecule is C=CC(=O)OCOc1ccc2cc(C(=O)O)ccc2c1. The highest BCUT2D eigenvalue weighted by Gasteiger charge is 2.04. The predicted molar refractivity (Wildman–Crippen MR) is 72.7 cm³/mol. The van der Waals surface area contributed by atoms with E-state index in [2.05, 4.69) is 6.58 Å². The molecular weight excluding hydrogens is 260 g/mol. The van der Waals surface area contributed by atoms with Gasteiger partial charge in [-0.15, -0.1) is 0 Å². The Labute approximate surface area is 115 Å². The van der Waals surface area contributed by atoms with Crippen molar-refractivity contribution in [3.05, 3.63) is 54.6 Å². The first kappa shape index (κ1) is 13.6. The minimum absolute atomic E-state index is 0.205. The number of aromatic carboxylic acids is 1. The van der Waals surface area contributed by atoms with Gasteiger partial charge >= 0.3 is 11.9 Å². The molecule has 5 nitrogen and oxygen atoms in total. The van der Waals surface area contributed by atoms with Crippen LogP contribution < -0.4 is 4.74 Å². The van der Waals surface area contributed by atoms with Crippen LogP contribution in [0.4, 0.5) is 0 Å². The van der Waals surface area contributed by atoms with E-state index >= 15 is 0 Å². The lowest BCUT2D eigenvalue weighted by molar-refractivity contribution is -0.144. The highest BCUT2D eigenvalue weighted by atomic mass is 16.7. The number of ether oxygens (including phenoxy) is 2. The lowest BCUT2D eigenvalue weighted by Gasteiger charge is -2.07. The second-order valence-corrected chi connectivity index (χ2v) is 3.96. The van der Waals surface area contributed by atoms with Crippen LogP contribution in [-0.4, -0.2) is 23.8 Å². The topological polar surface area (TPSA) is 72.8 Å². The first-order valence-electron chi connectivity index (χ1n) is 5.79. The van der Waals surface area contributed by atoms with E-state index in [4.69, 9.17) is 14.6 Å². The maximum absolute atomic E-state index is 10.9. The highest BCUT2D eigenvalue weighted by Crippen LogP contribution is 2.22. The smallest absolute Gasteiger partial charge is 0.335 e. The van der Waals surface area contributed by atoms with E-state index in [0.29, 0.717) is 5.75 Å². The van der Waals surface area contributed by atoms with Gasteiger partial charge in [0.1, 0.15) is 5.75 Å². The summed E-state index contributed by atoms with van der Waals surface area (Å²) in [6.45, 7) is 3.07. The first-order valence-corrected chi connectivity index (χ1v) is 5.79. The molecule has 0 spiro atoms. The van der Waals surface area contributed by atoms with E-state index in [1.54, 1.807) is 30.3 Å². The van der Waals surface area contributed by atoms with Crippen molar-refractivity contribution in [1.82, 2.24) is 0 Å². The lowest BCUT2D eigenvalue weighted by Crippen LogP contribution is -2.07. The zero-order valence-corrected chi connectivity index (χ0v) is 10.5. The number of carboxylic acid groups (broad SMARTS) is 1. The van der Waals surface area contributed by atoms with E-state index in [1.807, 2.05) is 0 Å². The van der Waals surface area contributed by atoms with E-state index in [0.717, 1.165) is 16.8 Å². The summed E-state index contributed by atoms with van der Waals surface area (Å²) in [5.41, 5.74) is 0.228. The summed E-state index contributed by atoms with van der Waals surface area (Å²) in [5.74, 6) is -1.00. The molecule has 0 fully saturated rings. The molecule has 2 aromatic carbocycles. The molecule has 2 aromatic rings. The van der Waals surface area contributed by atoms with Crippen molar-refractivity contribution in [1.29, 1.82) is 0 Å². The first-order chi connectivity index (χ1) is 9.60. The van der Waals surface area contributed by atoms with Crippen LogP contribution in [-0.2, 0) is 9.53 Å². The Bertz CT molecular complexity index is 675. The van der Waals surface area contributed by atoms with Crippen molar-refractivity contribution >= 4 is 22.7 Å². The van der Waals surface area contributed by atoms with Gasteiger partial charge in [0.05, 0.1) is 5.56 Å². The molecule has 0 atom stereocenters. The third kappa shape index (κ3) is 3.14. The number of rotatable bonds is 5. The summed E-state index contributed by atoms with van der Waals surface area (Å²) in [6, 6.07) is 9.96. The van der Waals surface area contributed by atoms with Crippen LogP contribution in [0.5, 0.6) is 5.75 Å². The van der Waals surface area contributed by atoms with Gasteiger partial charge in [0.15, 0.2) is 0 Å². The van der Waals surface area contributed by atoms with E-state index < -0.39 is 11.9 Å². The fraction of sp³-hybridized carbons (Fsp3) is 0.0667. The van der Waals surface area contributed by atoms with Crippen LogP contribution >= 0.6 is 0 Å². The van der Waals surface area contributed by atoms with Crippen LogP contribution in [0.15, 0.2) is 49.1 Å². The molecule has 0 amide bonds. The number of benzene rings is 2. The minimum atomic E-state index is -0.969. The Kier molecular flexibility index (Phi) is 4.00. The van der Waals surface area contributed by atoms with Crippen LogP contribution in [0.3, 0.4) is 0 Å². The quantitative estimate of drug-likeness (QED) is 0.514. The number of hydrogen-bond acceptors (Lipinski definition) is 4. The maximum atomic E-state index is 10.9. The number of hydrogen-bond donors (Lipinski definition) is 1. The summed E-state index contributed by atoms with van der Waals surface area (Å²) >= 11 is 0. The van der Waals surface area contributed by atoms with Crippen molar-refractivity contribution in [2.75, 3.05) is 6.79 Å². The number of carbonyl (C=O) groups excluding carboxylic acids is 1. The predicted octanol–water partition coefficient (Wildman–Crippen LogP) is 2.60. The van der Waals surface area contributed by atoms with Gasteiger partial charge in [-0.1, -0.05) is 18.7 Å². The Morgan fingerprint density at radius 1 is 1.15 bits per heavy atom. The third-order valence-corrected chi connectivity index (χ3v) is 2.65. The van der Waals surface area contributed by atoms with Gasteiger partial charge in [-0.2, -0.15) is 0 Å². The van der Waals surface area contributed by atoms with Gasteiger partial charge in [0.25, 0.3) is 0 Å². The van der Waals surface area contributed by atoms with Gasteiger partial charge < -0.3 is 14.6 Å². The van der Waals surface area contributed by atoms with E-state index in [-0.39, 0.29) is 12.4 Å². The van der Waals surface area contributed by atoms with E-state index in [1.165, 1.54) is 6.07 Å². The molecule has 102 valence electrons. The number of fused-ring (bicyclic) bond motifs is 1. The average molecular weight is 272 g/mol. The van der Waals surface area contributed by atoms with Crippen LogP contribution in [0, 0.1) is 0 Å². The molecule has 0 aliphatic rings. The van der Waals surface area contributed by atoms with Crippen LogP contribution in [0.1, 0.15) is 10.4 Å². The molecule has 0 aliphatic carbocycles. The second kappa shape index (κ2) is 5.88. The second-order valence-electron chi connectivity index (χ2n) is 3.96. The summed E-state index contributed by atoms with van der Waals surface area (Å²) < 4.78 is 9.96.